The molecule has 128 valence electrons. The molecule has 24 heavy (non-hydrogen) atoms. The molecule has 1 aromatic carbocycles. The standard InChI is InChI=1S/C18H23N3O3/c1-20(11-17(19)22)12-6-7-16-14(10-12)13-4-2-3-5-15(13)21(16)9-8-18(23)24/h2-5,12H,6-11H2,1H3,(H2,19,22)(H,23,24). The van der Waals surface area contributed by atoms with Crippen LogP contribution >= 0.6 is 0 Å². The number of carbonyl (C=O) groups is 2. The average molecular weight is 329 g/mol. The van der Waals surface area contributed by atoms with E-state index in [1.165, 1.54) is 16.6 Å². The lowest BCUT2D eigenvalue weighted by molar-refractivity contribution is -0.137. The van der Waals surface area contributed by atoms with E-state index in [4.69, 9.17) is 10.8 Å². The highest BCUT2D eigenvalue weighted by atomic mass is 16.4. The number of hydrogen-bond donors (Lipinski definition) is 2. The summed E-state index contributed by atoms with van der Waals surface area (Å²) in [6.45, 7) is 0.755. The van der Waals surface area contributed by atoms with E-state index in [0.29, 0.717) is 6.54 Å². The summed E-state index contributed by atoms with van der Waals surface area (Å²) in [7, 11) is 1.93. The lowest BCUT2D eigenvalue weighted by atomic mass is 9.90. The largest absolute Gasteiger partial charge is 0.481 e. The van der Waals surface area contributed by atoms with Crippen LogP contribution in [-0.4, -0.2) is 46.1 Å². The number of likely N-dealkylation sites (N-methyl/N-ethyl adjacent to an activating group) is 1. The molecule has 1 amide bonds. The number of carboxylic acid groups (broad SMARTS) is 1. The maximum absolute atomic E-state index is 11.2. The Morgan fingerprint density at radius 3 is 2.83 bits per heavy atom. The van der Waals surface area contributed by atoms with E-state index >= 15 is 0 Å². The third kappa shape index (κ3) is 3.14. The van der Waals surface area contributed by atoms with Gasteiger partial charge in [0.15, 0.2) is 0 Å². The number of hydrogen-bond acceptors (Lipinski definition) is 3. The van der Waals surface area contributed by atoms with Crippen LogP contribution in [-0.2, 0) is 29.0 Å². The zero-order valence-electron chi connectivity index (χ0n) is 13.9. The molecular weight excluding hydrogens is 306 g/mol. The molecule has 3 rings (SSSR count). The number of carbonyl (C=O) groups excluding carboxylic acids is 1. The number of primary amides is 1. The molecule has 0 saturated carbocycles. The fourth-order valence-corrected chi connectivity index (χ4v) is 3.80. The van der Waals surface area contributed by atoms with Gasteiger partial charge >= 0.3 is 5.97 Å². The highest BCUT2D eigenvalue weighted by molar-refractivity contribution is 5.86. The molecular formula is C18H23N3O3. The number of rotatable bonds is 6. The average Bonchev–Trinajstić information content (AvgIpc) is 2.85. The zero-order chi connectivity index (χ0) is 17.3. The van der Waals surface area contributed by atoms with Gasteiger partial charge in [0, 0.05) is 29.2 Å². The molecule has 6 heteroatoms. The third-order valence-electron chi connectivity index (χ3n) is 4.93. The van der Waals surface area contributed by atoms with Crippen molar-refractivity contribution in [2.75, 3.05) is 13.6 Å². The summed E-state index contributed by atoms with van der Waals surface area (Å²) in [5.41, 5.74) is 8.93. The Morgan fingerprint density at radius 2 is 2.12 bits per heavy atom. The van der Waals surface area contributed by atoms with Gasteiger partial charge in [-0.25, -0.2) is 0 Å². The zero-order valence-corrected chi connectivity index (χ0v) is 13.9. The van der Waals surface area contributed by atoms with Gasteiger partial charge in [0.05, 0.1) is 13.0 Å². The third-order valence-corrected chi connectivity index (χ3v) is 4.93. The number of aromatic nitrogens is 1. The molecule has 1 aliphatic rings. The summed E-state index contributed by atoms with van der Waals surface area (Å²) in [6.07, 6.45) is 2.81. The van der Waals surface area contributed by atoms with E-state index in [2.05, 4.69) is 16.7 Å². The van der Waals surface area contributed by atoms with Crippen LogP contribution in [0.15, 0.2) is 24.3 Å². The number of nitrogens with two attached hydrogens (primary N) is 1. The van der Waals surface area contributed by atoms with Crippen LogP contribution in [0.3, 0.4) is 0 Å². The van der Waals surface area contributed by atoms with Crippen LogP contribution in [0.1, 0.15) is 24.1 Å². The van der Waals surface area contributed by atoms with E-state index in [0.717, 1.165) is 24.8 Å². The van der Waals surface area contributed by atoms with E-state index in [1.807, 2.05) is 24.1 Å². The van der Waals surface area contributed by atoms with Crippen molar-refractivity contribution in [3.63, 3.8) is 0 Å². The SMILES string of the molecule is CN(CC(N)=O)C1CCc2c(c3ccccc3n2CCC(=O)O)C1. The van der Waals surface area contributed by atoms with Gasteiger partial charge in [0.1, 0.15) is 0 Å². The van der Waals surface area contributed by atoms with Gasteiger partial charge in [-0.1, -0.05) is 18.2 Å². The van der Waals surface area contributed by atoms with Crippen LogP contribution < -0.4 is 5.73 Å². The first-order valence-electron chi connectivity index (χ1n) is 8.26. The molecule has 0 spiro atoms. The summed E-state index contributed by atoms with van der Waals surface area (Å²) < 4.78 is 2.16. The summed E-state index contributed by atoms with van der Waals surface area (Å²) in [6, 6.07) is 8.44. The highest BCUT2D eigenvalue weighted by Gasteiger charge is 2.27. The number of para-hydroxylation sites is 1. The lowest BCUT2D eigenvalue weighted by Crippen LogP contribution is -2.41. The van der Waals surface area contributed by atoms with E-state index in [9.17, 15) is 9.59 Å². The van der Waals surface area contributed by atoms with Crippen LogP contribution in [0, 0.1) is 0 Å². The monoisotopic (exact) mass is 329 g/mol. The number of nitrogens with zero attached hydrogens (tertiary/aromatic N) is 2. The first kappa shape index (κ1) is 16.5. The Kier molecular flexibility index (Phi) is 4.57. The first-order valence-corrected chi connectivity index (χ1v) is 8.26. The van der Waals surface area contributed by atoms with Crippen molar-refractivity contribution in [1.82, 2.24) is 9.47 Å². The molecule has 6 nitrogen and oxygen atoms in total. The van der Waals surface area contributed by atoms with Crippen molar-refractivity contribution in [2.24, 2.45) is 5.73 Å². The molecule has 0 saturated heterocycles. The second-order valence-corrected chi connectivity index (χ2v) is 6.52. The minimum atomic E-state index is -0.781. The van der Waals surface area contributed by atoms with Crippen LogP contribution in [0.2, 0.25) is 0 Å². The second kappa shape index (κ2) is 6.65. The molecule has 1 unspecified atom stereocenters. The Morgan fingerprint density at radius 1 is 1.38 bits per heavy atom. The summed E-state index contributed by atoms with van der Waals surface area (Å²) in [5.74, 6) is -1.09. The van der Waals surface area contributed by atoms with Crippen molar-refractivity contribution in [1.29, 1.82) is 0 Å². The van der Waals surface area contributed by atoms with Gasteiger partial charge in [-0.3, -0.25) is 14.5 Å². The lowest BCUT2D eigenvalue weighted by Gasteiger charge is -2.31. The van der Waals surface area contributed by atoms with Gasteiger partial charge in [-0.2, -0.15) is 0 Å². The minimum Gasteiger partial charge on any atom is -0.481 e. The molecule has 3 N–H and O–H groups in total. The van der Waals surface area contributed by atoms with Gasteiger partial charge in [-0.15, -0.1) is 0 Å². The van der Waals surface area contributed by atoms with Crippen molar-refractivity contribution in [3.05, 3.63) is 35.5 Å². The van der Waals surface area contributed by atoms with Gasteiger partial charge in [-0.05, 0) is 37.9 Å². The van der Waals surface area contributed by atoms with E-state index < -0.39 is 5.97 Å². The number of benzene rings is 1. The smallest absolute Gasteiger partial charge is 0.305 e. The fourth-order valence-electron chi connectivity index (χ4n) is 3.80. The predicted octanol–water partition coefficient (Wildman–Crippen LogP) is 1.39. The Labute approximate surface area is 140 Å². The number of amides is 1. The fraction of sp³-hybridized carbons (Fsp3) is 0.444. The van der Waals surface area contributed by atoms with Crippen molar-refractivity contribution < 1.29 is 14.7 Å². The van der Waals surface area contributed by atoms with Crippen LogP contribution in [0.5, 0.6) is 0 Å². The molecule has 0 fully saturated rings. The van der Waals surface area contributed by atoms with Gasteiger partial charge in [0.25, 0.3) is 0 Å². The molecule has 1 aromatic heterocycles. The first-order chi connectivity index (χ1) is 11.5. The summed E-state index contributed by atoms with van der Waals surface area (Å²) in [4.78, 5) is 24.2. The Bertz CT molecular complexity index is 781. The van der Waals surface area contributed by atoms with Crippen molar-refractivity contribution in [2.45, 2.75) is 38.3 Å². The normalized spacial score (nSPS) is 17.2. The van der Waals surface area contributed by atoms with E-state index in [-0.39, 0.29) is 24.9 Å². The van der Waals surface area contributed by atoms with Crippen LogP contribution in [0.25, 0.3) is 10.9 Å². The second-order valence-electron chi connectivity index (χ2n) is 6.52. The number of carboxylic acids is 1. The molecule has 1 aliphatic carbocycles. The molecule has 0 bridgehead atoms. The van der Waals surface area contributed by atoms with Crippen LogP contribution in [0.4, 0.5) is 0 Å². The quantitative estimate of drug-likeness (QED) is 0.838. The molecule has 2 aromatic rings. The maximum Gasteiger partial charge on any atom is 0.305 e. The van der Waals surface area contributed by atoms with Crippen molar-refractivity contribution >= 4 is 22.8 Å². The topological polar surface area (TPSA) is 88.6 Å². The molecule has 0 radical (unpaired) electrons. The van der Waals surface area contributed by atoms with E-state index in [1.54, 1.807) is 0 Å². The predicted molar refractivity (Wildman–Crippen MR) is 91.8 cm³/mol. The van der Waals surface area contributed by atoms with Gasteiger partial charge < -0.3 is 15.4 Å². The number of aliphatic carboxylic acids is 1. The number of aryl methyl sites for hydroxylation is 1. The molecule has 0 aliphatic heterocycles. The molecule has 1 atom stereocenters. The maximum atomic E-state index is 11.2. The highest BCUT2D eigenvalue weighted by Crippen LogP contribution is 2.33. The van der Waals surface area contributed by atoms with Crippen molar-refractivity contribution in [3.8, 4) is 0 Å². The summed E-state index contributed by atoms with van der Waals surface area (Å²) >= 11 is 0. The Hall–Kier alpha value is -2.34. The van der Waals surface area contributed by atoms with Gasteiger partial charge in [0.2, 0.25) is 5.91 Å². The Balaban J connectivity index is 1.94. The summed E-state index contributed by atoms with van der Waals surface area (Å²) in [5, 5.41) is 10.2. The minimum absolute atomic E-state index is 0.121. The number of fused-ring (bicyclic) bond motifs is 3. The molecule has 1 heterocycles.